The minimum atomic E-state index is -0.515. The van der Waals surface area contributed by atoms with Crippen LogP contribution < -0.4 is 0 Å². The average molecular weight is 299 g/mol. The molecule has 5 nitrogen and oxygen atoms in total. The van der Waals surface area contributed by atoms with E-state index in [4.69, 9.17) is 9.47 Å². The third-order valence-corrected chi connectivity index (χ3v) is 4.11. The van der Waals surface area contributed by atoms with E-state index in [-0.39, 0.29) is 5.92 Å². The van der Waals surface area contributed by atoms with Gasteiger partial charge in [-0.25, -0.2) is 9.59 Å². The van der Waals surface area contributed by atoms with Crippen molar-refractivity contribution >= 4 is 28.4 Å². The highest BCUT2D eigenvalue weighted by molar-refractivity contribution is 6.26. The Labute approximate surface area is 127 Å². The summed E-state index contributed by atoms with van der Waals surface area (Å²) < 4.78 is 9.76. The zero-order chi connectivity index (χ0) is 15.9. The number of fused-ring (bicyclic) bond motifs is 3. The Morgan fingerprint density at radius 2 is 1.82 bits per heavy atom. The van der Waals surface area contributed by atoms with Gasteiger partial charge in [0.15, 0.2) is 0 Å². The van der Waals surface area contributed by atoms with E-state index in [1.54, 1.807) is 0 Å². The molecule has 1 atom stereocenters. The fourth-order valence-electron chi connectivity index (χ4n) is 3.10. The van der Waals surface area contributed by atoms with Crippen LogP contribution in [0.15, 0.2) is 29.8 Å². The van der Waals surface area contributed by atoms with Crippen molar-refractivity contribution in [2.75, 3.05) is 14.2 Å². The first-order chi connectivity index (χ1) is 10.6. The summed E-state index contributed by atoms with van der Waals surface area (Å²) in [5.41, 5.74) is 3.32. The summed E-state index contributed by atoms with van der Waals surface area (Å²) in [7, 11) is 2.64. The molecular formula is C17H17NO4. The lowest BCUT2D eigenvalue weighted by Gasteiger charge is -2.23. The number of esters is 2. The van der Waals surface area contributed by atoms with Crippen molar-refractivity contribution < 1.29 is 19.1 Å². The molecule has 114 valence electrons. The number of para-hydroxylation sites is 1. The number of rotatable bonds is 2. The van der Waals surface area contributed by atoms with Crippen LogP contribution in [-0.2, 0) is 19.1 Å². The van der Waals surface area contributed by atoms with Crippen LogP contribution in [0.25, 0.3) is 16.5 Å². The number of hydrogen-bond donors (Lipinski definition) is 1. The maximum atomic E-state index is 12.3. The van der Waals surface area contributed by atoms with Crippen LogP contribution >= 0.6 is 0 Å². The van der Waals surface area contributed by atoms with Crippen molar-refractivity contribution in [3.8, 4) is 0 Å². The minimum absolute atomic E-state index is 0.0879. The molecule has 0 radical (unpaired) electrons. The van der Waals surface area contributed by atoms with E-state index < -0.39 is 11.9 Å². The number of hydrogen-bond acceptors (Lipinski definition) is 4. The quantitative estimate of drug-likeness (QED) is 0.866. The van der Waals surface area contributed by atoms with E-state index in [1.165, 1.54) is 14.2 Å². The first-order valence-corrected chi connectivity index (χ1v) is 7.09. The number of ether oxygens (including phenoxy) is 2. The van der Waals surface area contributed by atoms with Gasteiger partial charge < -0.3 is 14.5 Å². The molecule has 0 saturated heterocycles. The molecule has 2 aromatic rings. The van der Waals surface area contributed by atoms with E-state index >= 15 is 0 Å². The minimum Gasteiger partial charge on any atom is -0.466 e. The number of aromatic nitrogens is 1. The Morgan fingerprint density at radius 3 is 2.50 bits per heavy atom. The van der Waals surface area contributed by atoms with Crippen LogP contribution in [0.5, 0.6) is 0 Å². The van der Waals surface area contributed by atoms with Crippen molar-refractivity contribution in [1.29, 1.82) is 0 Å². The highest BCUT2D eigenvalue weighted by atomic mass is 16.5. The van der Waals surface area contributed by atoms with E-state index in [9.17, 15) is 9.59 Å². The normalized spacial score (nSPS) is 17.3. The summed E-state index contributed by atoms with van der Waals surface area (Å²) in [6.07, 6.45) is 0.441. The van der Waals surface area contributed by atoms with Crippen LogP contribution in [-0.4, -0.2) is 31.1 Å². The molecule has 1 aromatic heterocycles. The molecule has 0 aliphatic heterocycles. The van der Waals surface area contributed by atoms with Gasteiger partial charge in [0, 0.05) is 28.1 Å². The molecule has 1 aliphatic carbocycles. The first-order valence-electron chi connectivity index (χ1n) is 7.09. The molecule has 0 amide bonds. The molecule has 22 heavy (non-hydrogen) atoms. The van der Waals surface area contributed by atoms with Gasteiger partial charge in [-0.05, 0) is 12.5 Å². The molecule has 0 spiro atoms. The number of aromatic amines is 1. The van der Waals surface area contributed by atoms with Gasteiger partial charge in [0.25, 0.3) is 0 Å². The van der Waals surface area contributed by atoms with Gasteiger partial charge in [-0.2, -0.15) is 0 Å². The van der Waals surface area contributed by atoms with E-state index in [0.29, 0.717) is 17.6 Å². The molecule has 1 unspecified atom stereocenters. The first kappa shape index (κ1) is 14.4. The number of methoxy groups -OCH3 is 2. The van der Waals surface area contributed by atoms with Gasteiger partial charge in [-0.1, -0.05) is 25.1 Å². The third-order valence-electron chi connectivity index (χ3n) is 4.11. The molecule has 1 heterocycles. The number of carbonyl (C=O) groups excluding carboxylic acids is 2. The summed E-state index contributed by atoms with van der Waals surface area (Å²) in [6.45, 7) is 2.02. The zero-order valence-corrected chi connectivity index (χ0v) is 12.7. The van der Waals surface area contributed by atoms with Crippen LogP contribution in [0.4, 0.5) is 0 Å². The standard InChI is InChI=1S/C17H17NO4/c1-9-8-11(16(19)21-2)14(17(20)22-3)13-10-6-4-5-7-12(10)18-15(9)13/h4-7,9,18H,8H2,1-3H3. The maximum absolute atomic E-state index is 12.3. The van der Waals surface area contributed by atoms with Gasteiger partial charge >= 0.3 is 11.9 Å². The average Bonchev–Trinajstić information content (AvgIpc) is 2.93. The second-order valence-electron chi connectivity index (χ2n) is 5.40. The summed E-state index contributed by atoms with van der Waals surface area (Å²) >= 11 is 0. The highest BCUT2D eigenvalue weighted by Crippen LogP contribution is 2.42. The van der Waals surface area contributed by atoms with E-state index in [1.807, 2.05) is 31.2 Å². The predicted molar refractivity (Wildman–Crippen MR) is 82.3 cm³/mol. The van der Waals surface area contributed by atoms with Gasteiger partial charge in [-0.3, -0.25) is 0 Å². The summed E-state index contributed by atoms with van der Waals surface area (Å²) in [4.78, 5) is 27.8. The summed E-state index contributed by atoms with van der Waals surface area (Å²) in [6, 6.07) is 7.72. The van der Waals surface area contributed by atoms with Crippen LogP contribution in [0.1, 0.15) is 30.5 Å². The van der Waals surface area contributed by atoms with Crippen molar-refractivity contribution in [3.63, 3.8) is 0 Å². The molecule has 1 N–H and O–H groups in total. The van der Waals surface area contributed by atoms with Crippen LogP contribution in [0.2, 0.25) is 0 Å². The van der Waals surface area contributed by atoms with Gasteiger partial charge in [0.1, 0.15) is 0 Å². The monoisotopic (exact) mass is 299 g/mol. The fraction of sp³-hybridized carbons (Fsp3) is 0.294. The smallest absolute Gasteiger partial charge is 0.339 e. The molecule has 0 fully saturated rings. The SMILES string of the molecule is COC(=O)C1=C(C(=O)OC)c2c([nH]c3ccccc23)C(C)C1. The van der Waals surface area contributed by atoms with Gasteiger partial charge in [0.2, 0.25) is 0 Å². The number of nitrogens with one attached hydrogen (secondary N) is 1. The number of carbonyl (C=O) groups is 2. The lowest BCUT2D eigenvalue weighted by atomic mass is 9.82. The molecule has 1 aromatic carbocycles. The molecule has 0 bridgehead atoms. The van der Waals surface area contributed by atoms with E-state index in [2.05, 4.69) is 4.98 Å². The summed E-state index contributed by atoms with van der Waals surface area (Å²) in [5, 5.41) is 0.908. The molecule has 3 rings (SSSR count). The number of benzene rings is 1. The highest BCUT2D eigenvalue weighted by Gasteiger charge is 2.35. The second kappa shape index (κ2) is 5.33. The Kier molecular flexibility index (Phi) is 3.48. The Hall–Kier alpha value is -2.56. The molecule has 5 heteroatoms. The van der Waals surface area contributed by atoms with Crippen molar-refractivity contribution in [3.05, 3.63) is 41.1 Å². The van der Waals surface area contributed by atoms with Crippen molar-refractivity contribution in [2.24, 2.45) is 0 Å². The van der Waals surface area contributed by atoms with Crippen molar-refractivity contribution in [1.82, 2.24) is 4.98 Å². The maximum Gasteiger partial charge on any atom is 0.339 e. The van der Waals surface area contributed by atoms with Crippen LogP contribution in [0, 0.1) is 0 Å². The molecule has 0 saturated carbocycles. The Balaban J connectivity index is 2.37. The van der Waals surface area contributed by atoms with E-state index in [0.717, 1.165) is 22.2 Å². The predicted octanol–water partition coefficient (Wildman–Crippen LogP) is 2.77. The van der Waals surface area contributed by atoms with Crippen LogP contribution in [0.3, 0.4) is 0 Å². The Bertz CT molecular complexity index is 800. The van der Waals surface area contributed by atoms with Gasteiger partial charge in [0.05, 0.1) is 25.4 Å². The van der Waals surface area contributed by atoms with Gasteiger partial charge in [-0.15, -0.1) is 0 Å². The number of H-pyrrole nitrogens is 1. The third kappa shape index (κ3) is 2.01. The zero-order valence-electron chi connectivity index (χ0n) is 12.7. The second-order valence-corrected chi connectivity index (χ2v) is 5.40. The van der Waals surface area contributed by atoms with Crippen molar-refractivity contribution in [2.45, 2.75) is 19.3 Å². The molecule has 1 aliphatic rings. The topological polar surface area (TPSA) is 68.4 Å². The Morgan fingerprint density at radius 1 is 1.14 bits per heavy atom. The fourth-order valence-corrected chi connectivity index (χ4v) is 3.10. The lowest BCUT2D eigenvalue weighted by Crippen LogP contribution is -2.20. The molecular weight excluding hydrogens is 282 g/mol. The lowest BCUT2D eigenvalue weighted by molar-refractivity contribution is -0.138. The summed E-state index contributed by atoms with van der Waals surface area (Å²) in [5.74, 6) is -0.911. The largest absolute Gasteiger partial charge is 0.466 e.